The van der Waals surface area contributed by atoms with Crippen molar-refractivity contribution in [2.45, 2.75) is 50.0 Å². The Hall–Kier alpha value is -1.25. The zero-order valence-corrected chi connectivity index (χ0v) is 13.8. The van der Waals surface area contributed by atoms with Gasteiger partial charge in [-0.05, 0) is 56.1 Å². The molecule has 22 heavy (non-hydrogen) atoms. The minimum atomic E-state index is 0.118. The summed E-state index contributed by atoms with van der Waals surface area (Å²) in [6.45, 7) is 2.28. The molecule has 0 unspecified atom stereocenters. The van der Waals surface area contributed by atoms with Crippen molar-refractivity contribution in [1.29, 1.82) is 5.26 Å². The number of nitriles is 1. The molecule has 0 bridgehead atoms. The van der Waals surface area contributed by atoms with Crippen molar-refractivity contribution in [3.05, 3.63) is 16.7 Å². The second-order valence-corrected chi connectivity index (χ2v) is 7.09. The first-order chi connectivity index (χ1) is 10.8. The number of aromatic nitrogens is 1. The third-order valence-electron chi connectivity index (χ3n) is 4.56. The summed E-state index contributed by atoms with van der Waals surface area (Å²) in [5.41, 5.74) is 3.30. The average molecular weight is 317 g/mol. The first kappa shape index (κ1) is 15.6. The molecule has 1 aromatic rings. The van der Waals surface area contributed by atoms with Gasteiger partial charge in [-0.1, -0.05) is 0 Å². The van der Waals surface area contributed by atoms with Crippen molar-refractivity contribution in [3.8, 4) is 6.07 Å². The molecular weight excluding hydrogens is 294 g/mol. The van der Waals surface area contributed by atoms with E-state index in [1.165, 1.54) is 48.6 Å². The van der Waals surface area contributed by atoms with Crippen LogP contribution in [0.5, 0.6) is 0 Å². The lowest BCUT2D eigenvalue weighted by Crippen LogP contribution is -2.32. The normalized spacial score (nSPS) is 17.9. The molecule has 1 aromatic heterocycles. The second kappa shape index (κ2) is 7.34. The van der Waals surface area contributed by atoms with Gasteiger partial charge in [0.1, 0.15) is 16.9 Å². The van der Waals surface area contributed by atoms with E-state index in [2.05, 4.69) is 11.0 Å². The third kappa shape index (κ3) is 3.09. The molecule has 0 amide bonds. The third-order valence-corrected chi connectivity index (χ3v) is 5.51. The van der Waals surface area contributed by atoms with Crippen molar-refractivity contribution < 1.29 is 5.11 Å². The number of thioether (sulfide) groups is 1. The number of rotatable bonds is 4. The lowest BCUT2D eigenvalue weighted by atomic mass is 9.89. The zero-order chi connectivity index (χ0) is 15.4. The van der Waals surface area contributed by atoms with E-state index in [0.29, 0.717) is 5.75 Å². The largest absolute Gasteiger partial charge is 0.396 e. The van der Waals surface area contributed by atoms with Crippen LogP contribution in [0.3, 0.4) is 0 Å². The standard InChI is InChI=1S/C17H23N3OS/c18-12-15-13-6-2-3-7-14(13)16(19-17(15)22-11-10-21)20-8-4-1-5-9-20/h21H,1-11H2. The summed E-state index contributed by atoms with van der Waals surface area (Å²) >= 11 is 1.51. The number of nitrogens with zero attached hydrogens (tertiary/aromatic N) is 3. The Labute approximate surface area is 136 Å². The second-order valence-electron chi connectivity index (χ2n) is 6.01. The Morgan fingerprint density at radius 1 is 1.09 bits per heavy atom. The van der Waals surface area contributed by atoms with Crippen molar-refractivity contribution >= 4 is 17.6 Å². The lowest BCUT2D eigenvalue weighted by Gasteiger charge is -2.32. The highest BCUT2D eigenvalue weighted by Gasteiger charge is 2.25. The van der Waals surface area contributed by atoms with Crippen LogP contribution in [0, 0.1) is 11.3 Å². The molecule has 2 heterocycles. The van der Waals surface area contributed by atoms with Gasteiger partial charge in [0.15, 0.2) is 0 Å². The molecule has 5 heteroatoms. The molecule has 0 aromatic carbocycles. The Morgan fingerprint density at radius 3 is 2.50 bits per heavy atom. The van der Waals surface area contributed by atoms with Crippen molar-refractivity contribution in [3.63, 3.8) is 0 Å². The van der Waals surface area contributed by atoms with Gasteiger partial charge in [0.2, 0.25) is 0 Å². The van der Waals surface area contributed by atoms with Crippen LogP contribution in [-0.4, -0.2) is 35.5 Å². The van der Waals surface area contributed by atoms with Gasteiger partial charge in [0.05, 0.1) is 12.2 Å². The number of aliphatic hydroxyl groups is 1. The van der Waals surface area contributed by atoms with E-state index < -0.39 is 0 Å². The SMILES string of the molecule is N#Cc1c(SCCO)nc(N2CCCCC2)c2c1CCCC2. The number of hydrogen-bond acceptors (Lipinski definition) is 5. The van der Waals surface area contributed by atoms with Gasteiger partial charge in [0.25, 0.3) is 0 Å². The van der Waals surface area contributed by atoms with Crippen LogP contribution < -0.4 is 4.90 Å². The highest BCUT2D eigenvalue weighted by Crippen LogP contribution is 2.36. The van der Waals surface area contributed by atoms with E-state index in [9.17, 15) is 5.26 Å². The molecule has 1 saturated heterocycles. The number of hydrogen-bond donors (Lipinski definition) is 1. The van der Waals surface area contributed by atoms with Crippen LogP contribution in [0.1, 0.15) is 48.8 Å². The Balaban J connectivity index is 2.05. The van der Waals surface area contributed by atoms with Gasteiger partial charge in [-0.2, -0.15) is 5.26 Å². The van der Waals surface area contributed by atoms with E-state index in [0.717, 1.165) is 48.8 Å². The first-order valence-corrected chi connectivity index (χ1v) is 9.28. The van der Waals surface area contributed by atoms with E-state index in [1.807, 2.05) is 0 Å². The summed E-state index contributed by atoms with van der Waals surface area (Å²) in [6.07, 6.45) is 8.17. The monoisotopic (exact) mass is 317 g/mol. The highest BCUT2D eigenvalue weighted by atomic mass is 32.2. The van der Waals surface area contributed by atoms with E-state index in [-0.39, 0.29) is 6.61 Å². The summed E-state index contributed by atoms with van der Waals surface area (Å²) in [7, 11) is 0. The molecule has 118 valence electrons. The van der Waals surface area contributed by atoms with Gasteiger partial charge >= 0.3 is 0 Å². The van der Waals surface area contributed by atoms with E-state index >= 15 is 0 Å². The molecule has 0 spiro atoms. The quantitative estimate of drug-likeness (QED) is 0.865. The molecule has 1 aliphatic heterocycles. The number of aliphatic hydroxyl groups excluding tert-OH is 1. The topological polar surface area (TPSA) is 60.1 Å². The van der Waals surface area contributed by atoms with Crippen LogP contribution >= 0.6 is 11.8 Å². The van der Waals surface area contributed by atoms with Gasteiger partial charge < -0.3 is 10.0 Å². The molecule has 1 fully saturated rings. The number of anilines is 1. The molecule has 3 rings (SSSR count). The Kier molecular flexibility index (Phi) is 5.22. The summed E-state index contributed by atoms with van der Waals surface area (Å²) in [5.74, 6) is 1.72. The zero-order valence-electron chi connectivity index (χ0n) is 13.0. The predicted octanol–water partition coefficient (Wildman–Crippen LogP) is 2.91. The van der Waals surface area contributed by atoms with Crippen molar-refractivity contribution in [2.24, 2.45) is 0 Å². The summed E-state index contributed by atoms with van der Waals surface area (Å²) in [6, 6.07) is 2.38. The molecule has 1 N–H and O–H groups in total. The number of pyridine rings is 1. The summed E-state index contributed by atoms with van der Waals surface area (Å²) < 4.78 is 0. The van der Waals surface area contributed by atoms with Crippen molar-refractivity contribution in [1.82, 2.24) is 4.98 Å². The molecule has 0 radical (unpaired) electrons. The van der Waals surface area contributed by atoms with Crippen LogP contribution in [0.4, 0.5) is 5.82 Å². The van der Waals surface area contributed by atoms with E-state index in [4.69, 9.17) is 10.1 Å². The molecule has 2 aliphatic rings. The highest BCUT2D eigenvalue weighted by molar-refractivity contribution is 7.99. The Morgan fingerprint density at radius 2 is 1.82 bits per heavy atom. The summed E-state index contributed by atoms with van der Waals surface area (Å²) in [5, 5.41) is 19.5. The fraction of sp³-hybridized carbons (Fsp3) is 0.647. The summed E-state index contributed by atoms with van der Waals surface area (Å²) in [4.78, 5) is 7.29. The fourth-order valence-electron chi connectivity index (χ4n) is 3.51. The van der Waals surface area contributed by atoms with Gasteiger partial charge in [-0.25, -0.2) is 4.98 Å². The number of piperidine rings is 1. The predicted molar refractivity (Wildman–Crippen MR) is 89.5 cm³/mol. The van der Waals surface area contributed by atoms with Crippen LogP contribution in [0.15, 0.2) is 5.03 Å². The maximum Gasteiger partial charge on any atom is 0.133 e. The molecule has 1 aliphatic carbocycles. The fourth-order valence-corrected chi connectivity index (χ4v) is 4.25. The molecule has 0 saturated carbocycles. The maximum absolute atomic E-state index is 9.60. The molecule has 4 nitrogen and oxygen atoms in total. The van der Waals surface area contributed by atoms with Crippen LogP contribution in [-0.2, 0) is 12.8 Å². The van der Waals surface area contributed by atoms with Crippen molar-refractivity contribution in [2.75, 3.05) is 30.3 Å². The van der Waals surface area contributed by atoms with Gasteiger partial charge in [0, 0.05) is 18.8 Å². The van der Waals surface area contributed by atoms with E-state index in [1.54, 1.807) is 0 Å². The maximum atomic E-state index is 9.60. The van der Waals surface area contributed by atoms with Crippen LogP contribution in [0.25, 0.3) is 0 Å². The van der Waals surface area contributed by atoms with Crippen LogP contribution in [0.2, 0.25) is 0 Å². The number of fused-ring (bicyclic) bond motifs is 1. The van der Waals surface area contributed by atoms with Gasteiger partial charge in [-0.3, -0.25) is 0 Å². The smallest absolute Gasteiger partial charge is 0.133 e. The van der Waals surface area contributed by atoms with Gasteiger partial charge in [-0.15, -0.1) is 11.8 Å². The molecule has 0 atom stereocenters. The Bertz CT molecular complexity index is 576. The first-order valence-electron chi connectivity index (χ1n) is 8.29. The lowest BCUT2D eigenvalue weighted by molar-refractivity contribution is 0.322. The average Bonchev–Trinajstić information content (AvgIpc) is 2.59. The minimum Gasteiger partial charge on any atom is -0.396 e. The minimum absolute atomic E-state index is 0.118. The molecular formula is C17H23N3OS.